The Bertz CT molecular complexity index is 1400. The molecule has 0 aliphatic carbocycles. The molecule has 0 radical (unpaired) electrons. The van der Waals surface area contributed by atoms with E-state index in [1.165, 1.54) is 17.8 Å². The maximum atomic E-state index is 11.3. The van der Waals surface area contributed by atoms with Crippen molar-refractivity contribution in [2.75, 3.05) is 37.6 Å². The fourth-order valence-electron chi connectivity index (χ4n) is 4.54. The summed E-state index contributed by atoms with van der Waals surface area (Å²) in [5, 5.41) is 10.3. The van der Waals surface area contributed by atoms with Gasteiger partial charge in [-0.05, 0) is 73.5 Å². The van der Waals surface area contributed by atoms with Gasteiger partial charge in [0.25, 0.3) is 5.91 Å². The second kappa shape index (κ2) is 12.7. The third-order valence-corrected chi connectivity index (χ3v) is 6.49. The lowest BCUT2D eigenvalue weighted by molar-refractivity contribution is 0.0994. The largest absolute Gasteiger partial charge is 0.424 e. The standard InChI is InChI=1S/C27H27N7O2.C2H6/c28-17-19-3-8-24-23(16-19)20(18-31-24)2-1-11-33-12-14-34(15-13-33)21-4-6-22(7-5-21)36-27-30-10-9-25(32-27)26(29)35;1-2/h3-10,16,18,31H,1-2,11-15H2,(H2,29,35);1-2H3. The van der Waals surface area contributed by atoms with Crippen LogP contribution in [0.4, 0.5) is 5.69 Å². The number of rotatable bonds is 8. The van der Waals surface area contributed by atoms with E-state index in [0.29, 0.717) is 11.3 Å². The molecule has 1 amide bonds. The highest BCUT2D eigenvalue weighted by Crippen LogP contribution is 2.24. The number of hydrogen-bond donors (Lipinski definition) is 2. The minimum Gasteiger partial charge on any atom is -0.424 e. The highest BCUT2D eigenvalue weighted by Gasteiger charge is 2.17. The molecule has 1 fully saturated rings. The minimum atomic E-state index is -0.621. The number of nitrogens with two attached hydrogens (primary N) is 1. The Morgan fingerprint density at radius 2 is 1.87 bits per heavy atom. The number of piperazine rings is 1. The van der Waals surface area contributed by atoms with Crippen molar-refractivity contribution in [3.63, 3.8) is 0 Å². The fraction of sp³-hybridized carbons (Fsp3) is 0.310. The number of nitriles is 1. The predicted octanol–water partition coefficient (Wildman–Crippen LogP) is 4.50. The normalized spacial score (nSPS) is 13.4. The van der Waals surface area contributed by atoms with Crippen molar-refractivity contribution >= 4 is 22.5 Å². The van der Waals surface area contributed by atoms with E-state index in [-0.39, 0.29) is 11.7 Å². The number of hydrogen-bond acceptors (Lipinski definition) is 7. The summed E-state index contributed by atoms with van der Waals surface area (Å²) in [7, 11) is 0. The van der Waals surface area contributed by atoms with Gasteiger partial charge in [0.05, 0.1) is 11.6 Å². The van der Waals surface area contributed by atoms with Crippen LogP contribution in [0.2, 0.25) is 0 Å². The topological polar surface area (TPSA) is 124 Å². The number of anilines is 1. The van der Waals surface area contributed by atoms with Gasteiger partial charge in [-0.3, -0.25) is 9.69 Å². The molecule has 0 bridgehead atoms. The molecule has 3 N–H and O–H groups in total. The zero-order chi connectivity index (χ0) is 26.9. The van der Waals surface area contributed by atoms with Gasteiger partial charge in [0.15, 0.2) is 0 Å². The molecule has 3 heterocycles. The maximum absolute atomic E-state index is 11.3. The van der Waals surface area contributed by atoms with Crippen LogP contribution in [0, 0.1) is 11.3 Å². The van der Waals surface area contributed by atoms with Gasteiger partial charge >= 0.3 is 6.01 Å². The van der Waals surface area contributed by atoms with Crippen LogP contribution in [-0.2, 0) is 6.42 Å². The van der Waals surface area contributed by atoms with Crippen LogP contribution in [-0.4, -0.2) is 58.5 Å². The second-order valence-electron chi connectivity index (χ2n) is 8.80. The maximum Gasteiger partial charge on any atom is 0.322 e. The molecule has 1 aliphatic rings. The first-order valence-electron chi connectivity index (χ1n) is 13.0. The van der Waals surface area contributed by atoms with Crippen molar-refractivity contribution in [1.82, 2.24) is 19.9 Å². The van der Waals surface area contributed by atoms with Crippen molar-refractivity contribution in [2.24, 2.45) is 5.73 Å². The summed E-state index contributed by atoms with van der Waals surface area (Å²) < 4.78 is 5.67. The highest BCUT2D eigenvalue weighted by atomic mass is 16.5. The second-order valence-corrected chi connectivity index (χ2v) is 8.80. The van der Waals surface area contributed by atoms with E-state index in [1.54, 1.807) is 0 Å². The molecular formula is C29H33N7O2. The fourth-order valence-corrected chi connectivity index (χ4v) is 4.54. The Morgan fingerprint density at radius 1 is 1.11 bits per heavy atom. The van der Waals surface area contributed by atoms with E-state index in [4.69, 9.17) is 10.5 Å². The van der Waals surface area contributed by atoms with E-state index >= 15 is 0 Å². The summed E-state index contributed by atoms with van der Waals surface area (Å²) >= 11 is 0. The molecule has 2 aromatic heterocycles. The summed E-state index contributed by atoms with van der Waals surface area (Å²) in [6, 6.07) is 17.4. The average molecular weight is 512 g/mol. The van der Waals surface area contributed by atoms with E-state index in [0.717, 1.165) is 62.2 Å². The van der Waals surface area contributed by atoms with Crippen LogP contribution < -0.4 is 15.4 Å². The highest BCUT2D eigenvalue weighted by molar-refractivity contribution is 5.90. The number of amides is 1. The average Bonchev–Trinajstić information content (AvgIpc) is 3.37. The molecule has 0 atom stereocenters. The van der Waals surface area contributed by atoms with Gasteiger partial charge in [-0.2, -0.15) is 10.2 Å². The third kappa shape index (κ3) is 6.47. The number of carbonyl (C=O) groups excluding carboxylic acids is 1. The summed E-state index contributed by atoms with van der Waals surface area (Å²) in [5.74, 6) is -0.0259. The van der Waals surface area contributed by atoms with Crippen molar-refractivity contribution in [2.45, 2.75) is 26.7 Å². The number of aromatic nitrogens is 3. The first kappa shape index (κ1) is 26.6. The number of H-pyrrole nitrogens is 1. The number of benzene rings is 2. The Hall–Kier alpha value is -4.42. The molecule has 38 heavy (non-hydrogen) atoms. The zero-order valence-corrected chi connectivity index (χ0v) is 21.9. The third-order valence-electron chi connectivity index (χ3n) is 6.49. The number of aryl methyl sites for hydroxylation is 1. The lowest BCUT2D eigenvalue weighted by atomic mass is 10.1. The van der Waals surface area contributed by atoms with Crippen LogP contribution in [0.15, 0.2) is 60.9 Å². The van der Waals surface area contributed by atoms with Gasteiger partial charge in [-0.1, -0.05) is 13.8 Å². The lowest BCUT2D eigenvalue weighted by Crippen LogP contribution is -2.46. The predicted molar refractivity (Wildman–Crippen MR) is 148 cm³/mol. The van der Waals surface area contributed by atoms with Gasteiger partial charge in [0, 0.05) is 55.2 Å². The van der Waals surface area contributed by atoms with Crippen molar-refractivity contribution in [3.8, 4) is 17.8 Å². The summed E-state index contributed by atoms with van der Waals surface area (Å²) in [4.78, 5) is 27.5. The number of ether oxygens (including phenoxy) is 1. The van der Waals surface area contributed by atoms with Crippen LogP contribution in [0.5, 0.6) is 11.8 Å². The first-order chi connectivity index (χ1) is 18.6. The molecule has 2 aromatic carbocycles. The smallest absolute Gasteiger partial charge is 0.322 e. The Balaban J connectivity index is 0.00000164. The molecule has 1 aliphatic heterocycles. The van der Waals surface area contributed by atoms with Crippen LogP contribution >= 0.6 is 0 Å². The van der Waals surface area contributed by atoms with Crippen LogP contribution in [0.3, 0.4) is 0 Å². The number of fused-ring (bicyclic) bond motifs is 1. The summed E-state index contributed by atoms with van der Waals surface area (Å²) in [6.07, 6.45) is 5.58. The van der Waals surface area contributed by atoms with Gasteiger partial charge in [0.1, 0.15) is 11.4 Å². The van der Waals surface area contributed by atoms with Gasteiger partial charge in [-0.15, -0.1) is 0 Å². The van der Waals surface area contributed by atoms with E-state index in [2.05, 4.69) is 37.0 Å². The Morgan fingerprint density at radius 3 is 2.58 bits per heavy atom. The SMILES string of the molecule is CC.N#Cc1ccc2[nH]cc(CCCN3CCN(c4ccc(Oc5nccc(C(N)=O)n5)cc4)CC3)c2c1. The zero-order valence-electron chi connectivity index (χ0n) is 21.9. The number of nitrogens with one attached hydrogen (secondary N) is 1. The molecule has 9 heteroatoms. The van der Waals surface area contributed by atoms with Gasteiger partial charge < -0.3 is 20.4 Å². The number of primary amides is 1. The molecular weight excluding hydrogens is 478 g/mol. The molecule has 4 aromatic rings. The first-order valence-corrected chi connectivity index (χ1v) is 13.0. The van der Waals surface area contributed by atoms with E-state index < -0.39 is 5.91 Å². The monoisotopic (exact) mass is 511 g/mol. The number of nitrogens with zero attached hydrogens (tertiary/aromatic N) is 5. The van der Waals surface area contributed by atoms with Crippen LogP contribution in [0.1, 0.15) is 41.9 Å². The lowest BCUT2D eigenvalue weighted by Gasteiger charge is -2.36. The molecule has 9 nitrogen and oxygen atoms in total. The molecule has 0 unspecified atom stereocenters. The molecule has 0 saturated carbocycles. The van der Waals surface area contributed by atoms with Crippen molar-refractivity contribution < 1.29 is 9.53 Å². The number of aromatic amines is 1. The molecule has 1 saturated heterocycles. The van der Waals surface area contributed by atoms with Gasteiger partial charge in [0.2, 0.25) is 0 Å². The molecule has 196 valence electrons. The van der Waals surface area contributed by atoms with Gasteiger partial charge in [-0.25, -0.2) is 4.98 Å². The summed E-state index contributed by atoms with van der Waals surface area (Å²) in [5.41, 5.74) is 9.57. The van der Waals surface area contributed by atoms with Crippen molar-refractivity contribution in [1.29, 1.82) is 5.26 Å². The van der Waals surface area contributed by atoms with E-state index in [9.17, 15) is 10.1 Å². The quantitative estimate of drug-likeness (QED) is 0.357. The molecule has 0 spiro atoms. The van der Waals surface area contributed by atoms with Crippen molar-refractivity contribution in [3.05, 3.63) is 77.7 Å². The Kier molecular flexibility index (Phi) is 8.90. The van der Waals surface area contributed by atoms with E-state index in [1.807, 2.05) is 56.3 Å². The number of carbonyl (C=O) groups is 1. The minimum absolute atomic E-state index is 0.0887. The van der Waals surface area contributed by atoms with Crippen LogP contribution in [0.25, 0.3) is 10.9 Å². The summed E-state index contributed by atoms with van der Waals surface area (Å²) in [6.45, 7) is 9.00. The Labute approximate surface area is 222 Å². The molecule has 5 rings (SSSR count).